The fourth-order valence-corrected chi connectivity index (χ4v) is 5.78. The van der Waals surface area contributed by atoms with Crippen LogP contribution in [0.5, 0.6) is 0 Å². The van der Waals surface area contributed by atoms with Crippen molar-refractivity contribution in [3.63, 3.8) is 0 Å². The number of hydrogen-bond acceptors (Lipinski definition) is 9. The number of hydrogen-bond donors (Lipinski definition) is 6. The second kappa shape index (κ2) is 13.9. The van der Waals surface area contributed by atoms with Crippen molar-refractivity contribution in [2.45, 2.75) is 38.3 Å². The molecule has 1 aromatic carbocycles. The van der Waals surface area contributed by atoms with E-state index in [1.54, 1.807) is 0 Å². The van der Waals surface area contributed by atoms with Gasteiger partial charge in [0.2, 0.25) is 5.91 Å². The molecule has 1 atom stereocenters. The molecule has 1 amide bonds. The fourth-order valence-electron chi connectivity index (χ4n) is 5.78. The largest absolute Gasteiger partial charge is 0.480 e. The van der Waals surface area contributed by atoms with Gasteiger partial charge in [-0.15, -0.1) is 0 Å². The van der Waals surface area contributed by atoms with Crippen LogP contribution < -0.4 is 20.9 Å². The summed E-state index contributed by atoms with van der Waals surface area (Å²) in [6.45, 7) is 6.15. The van der Waals surface area contributed by atoms with Gasteiger partial charge in [0, 0.05) is 44.2 Å². The van der Waals surface area contributed by atoms with E-state index in [4.69, 9.17) is 10.2 Å². The SMILES string of the molecule is O=C(O)CN1CCC(CC(=O)Nc2cc(N3CCNCC3)ccc2NC(O)C2CCN(CC(=O)O)CC2)CC1. The normalized spacial score (nSPS) is 20.9. The lowest BCUT2D eigenvalue weighted by molar-refractivity contribution is -0.139. The van der Waals surface area contributed by atoms with E-state index >= 15 is 0 Å². The predicted octanol–water partition coefficient (Wildman–Crippen LogP) is 0.748. The van der Waals surface area contributed by atoms with Crippen LogP contribution in [-0.4, -0.2) is 115 Å². The lowest BCUT2D eigenvalue weighted by atomic mass is 9.93. The predicted molar refractivity (Wildman–Crippen MR) is 148 cm³/mol. The van der Waals surface area contributed by atoms with Crippen LogP contribution in [0.3, 0.4) is 0 Å². The average Bonchev–Trinajstić information content (AvgIpc) is 2.91. The first-order chi connectivity index (χ1) is 18.8. The molecule has 1 unspecified atom stereocenters. The molecule has 0 bridgehead atoms. The molecule has 39 heavy (non-hydrogen) atoms. The topological polar surface area (TPSA) is 158 Å². The number of carbonyl (C=O) groups excluding carboxylic acids is 1. The summed E-state index contributed by atoms with van der Waals surface area (Å²) in [7, 11) is 0. The number of aliphatic hydroxyl groups excluding tert-OH is 1. The van der Waals surface area contributed by atoms with Crippen LogP contribution in [0.4, 0.5) is 17.1 Å². The number of likely N-dealkylation sites (tertiary alicyclic amines) is 2. The summed E-state index contributed by atoms with van der Waals surface area (Å²) >= 11 is 0. The van der Waals surface area contributed by atoms with Crippen molar-refractivity contribution < 1.29 is 29.7 Å². The highest BCUT2D eigenvalue weighted by Crippen LogP contribution is 2.31. The first-order valence-electron chi connectivity index (χ1n) is 14.0. The number of nitrogens with zero attached hydrogens (tertiary/aromatic N) is 3. The number of aliphatic hydroxyl groups is 1. The smallest absolute Gasteiger partial charge is 0.317 e. The Hall–Kier alpha value is -2.93. The number of anilines is 3. The molecule has 3 fully saturated rings. The van der Waals surface area contributed by atoms with Gasteiger partial charge in [-0.25, -0.2) is 0 Å². The third-order valence-electron chi connectivity index (χ3n) is 8.04. The number of benzene rings is 1. The van der Waals surface area contributed by atoms with E-state index in [-0.39, 0.29) is 30.8 Å². The summed E-state index contributed by atoms with van der Waals surface area (Å²) in [5, 5.41) is 38.7. The molecule has 1 aromatic rings. The van der Waals surface area contributed by atoms with E-state index in [2.05, 4.69) is 20.9 Å². The van der Waals surface area contributed by atoms with Crippen LogP contribution in [0.15, 0.2) is 18.2 Å². The van der Waals surface area contributed by atoms with E-state index in [0.717, 1.165) is 44.7 Å². The molecule has 3 aliphatic rings. The Balaban J connectivity index is 1.39. The monoisotopic (exact) mass is 546 g/mol. The Bertz CT molecular complexity index is 987. The van der Waals surface area contributed by atoms with E-state index in [1.165, 1.54) is 0 Å². The molecule has 3 heterocycles. The highest BCUT2D eigenvalue weighted by molar-refractivity contribution is 5.95. The molecule has 0 aliphatic carbocycles. The number of aliphatic carboxylic acids is 2. The minimum atomic E-state index is -0.845. The van der Waals surface area contributed by atoms with Crippen LogP contribution in [-0.2, 0) is 14.4 Å². The molecule has 0 spiro atoms. The number of carbonyl (C=O) groups is 3. The number of nitrogens with one attached hydrogen (secondary N) is 3. The zero-order valence-electron chi connectivity index (χ0n) is 22.5. The Morgan fingerprint density at radius 2 is 1.46 bits per heavy atom. The van der Waals surface area contributed by atoms with Gasteiger partial charge in [0.15, 0.2) is 0 Å². The van der Waals surface area contributed by atoms with Crippen LogP contribution in [0.1, 0.15) is 32.1 Å². The molecule has 216 valence electrons. The maximum absolute atomic E-state index is 13.1. The standard InChI is InChI=1S/C27H42N6O6/c34-24(15-19-3-9-31(10-4-19)17-25(35)36)29-23-16-21(33-13-7-28-8-14-33)1-2-22(23)30-27(39)20-5-11-32(12-6-20)18-26(37)38/h1-2,16,19-20,27-28,30,39H,3-15,17-18H2,(H,29,34)(H,35,36)(H,37,38). The van der Waals surface area contributed by atoms with Crippen molar-refractivity contribution in [2.24, 2.45) is 11.8 Å². The summed E-state index contributed by atoms with van der Waals surface area (Å²) in [6, 6.07) is 5.87. The first-order valence-corrected chi connectivity index (χ1v) is 14.0. The third-order valence-corrected chi connectivity index (χ3v) is 8.04. The summed E-state index contributed by atoms with van der Waals surface area (Å²) in [5.74, 6) is -1.60. The maximum atomic E-state index is 13.1. The molecular formula is C27H42N6O6. The highest BCUT2D eigenvalue weighted by Gasteiger charge is 2.27. The van der Waals surface area contributed by atoms with E-state index in [9.17, 15) is 19.5 Å². The van der Waals surface area contributed by atoms with Crippen LogP contribution in [0, 0.1) is 11.8 Å². The van der Waals surface area contributed by atoms with E-state index in [1.807, 2.05) is 28.0 Å². The Labute approximate surface area is 229 Å². The van der Waals surface area contributed by atoms with Gasteiger partial charge in [0.25, 0.3) is 0 Å². The number of piperazine rings is 1. The molecule has 3 aliphatic heterocycles. The van der Waals surface area contributed by atoms with Crippen molar-refractivity contribution in [3.8, 4) is 0 Å². The molecule has 0 saturated carbocycles. The highest BCUT2D eigenvalue weighted by atomic mass is 16.4. The Morgan fingerprint density at radius 1 is 0.872 bits per heavy atom. The summed E-state index contributed by atoms with van der Waals surface area (Å²) in [4.78, 5) is 41.1. The summed E-state index contributed by atoms with van der Waals surface area (Å²) in [6.07, 6.45) is 2.47. The lowest BCUT2D eigenvalue weighted by Gasteiger charge is -2.34. The van der Waals surface area contributed by atoms with Crippen molar-refractivity contribution in [3.05, 3.63) is 18.2 Å². The Morgan fingerprint density at radius 3 is 2.05 bits per heavy atom. The zero-order valence-corrected chi connectivity index (χ0v) is 22.5. The van der Waals surface area contributed by atoms with Gasteiger partial charge >= 0.3 is 11.9 Å². The summed E-state index contributed by atoms with van der Waals surface area (Å²) < 4.78 is 0. The molecule has 0 radical (unpaired) electrons. The number of carboxylic acids is 2. The van der Waals surface area contributed by atoms with Gasteiger partial charge in [-0.3, -0.25) is 24.2 Å². The maximum Gasteiger partial charge on any atom is 0.317 e. The molecule has 3 saturated heterocycles. The number of amides is 1. The lowest BCUT2D eigenvalue weighted by Crippen LogP contribution is -2.43. The molecule has 0 aromatic heterocycles. The summed E-state index contributed by atoms with van der Waals surface area (Å²) in [5.41, 5.74) is 2.29. The van der Waals surface area contributed by atoms with Gasteiger partial charge in [-0.2, -0.15) is 0 Å². The van der Waals surface area contributed by atoms with Crippen molar-refractivity contribution >= 4 is 34.9 Å². The Kier molecular flexibility index (Phi) is 10.4. The van der Waals surface area contributed by atoms with Crippen LogP contribution >= 0.6 is 0 Å². The zero-order chi connectivity index (χ0) is 27.8. The molecule has 12 nitrogen and oxygen atoms in total. The fraction of sp³-hybridized carbons (Fsp3) is 0.667. The first kappa shape index (κ1) is 29.1. The quantitative estimate of drug-likeness (QED) is 0.218. The van der Waals surface area contributed by atoms with Gasteiger partial charge in [-0.1, -0.05) is 0 Å². The number of rotatable bonds is 11. The van der Waals surface area contributed by atoms with E-state index < -0.39 is 18.2 Å². The van der Waals surface area contributed by atoms with Crippen molar-refractivity contribution in [2.75, 3.05) is 81.0 Å². The van der Waals surface area contributed by atoms with Crippen molar-refractivity contribution in [1.82, 2.24) is 15.1 Å². The van der Waals surface area contributed by atoms with Gasteiger partial charge < -0.3 is 36.2 Å². The number of carboxylic acid groups (broad SMARTS) is 2. The molecule has 4 rings (SSSR count). The minimum absolute atomic E-state index is 0.0124. The average molecular weight is 547 g/mol. The van der Waals surface area contributed by atoms with Crippen molar-refractivity contribution in [1.29, 1.82) is 0 Å². The van der Waals surface area contributed by atoms with Crippen LogP contribution in [0.25, 0.3) is 0 Å². The van der Waals surface area contributed by atoms with Gasteiger partial charge in [-0.05, 0) is 76.0 Å². The second-order valence-corrected chi connectivity index (χ2v) is 10.9. The molecule has 12 heteroatoms. The molecule has 6 N–H and O–H groups in total. The minimum Gasteiger partial charge on any atom is -0.480 e. The van der Waals surface area contributed by atoms with Gasteiger partial charge in [0.1, 0.15) is 6.23 Å². The number of piperidine rings is 2. The van der Waals surface area contributed by atoms with E-state index in [0.29, 0.717) is 56.8 Å². The third kappa shape index (κ3) is 8.79. The second-order valence-electron chi connectivity index (χ2n) is 10.9. The van der Waals surface area contributed by atoms with Gasteiger partial charge in [0.05, 0.1) is 24.5 Å². The molecular weight excluding hydrogens is 504 g/mol. The van der Waals surface area contributed by atoms with Crippen LogP contribution in [0.2, 0.25) is 0 Å².